The number of benzene rings is 3. The van der Waals surface area contributed by atoms with Gasteiger partial charge in [-0.25, -0.2) is 13.2 Å². The Kier molecular flexibility index (Phi) is 9.31. The number of nitrogens with one attached hydrogen (secondary N) is 1. The Hall–Kier alpha value is -3.93. The van der Waals surface area contributed by atoms with Crippen molar-refractivity contribution in [2.24, 2.45) is 5.92 Å². The predicted molar refractivity (Wildman–Crippen MR) is 155 cm³/mol. The number of carboxylic acids is 1. The van der Waals surface area contributed by atoms with Gasteiger partial charge in [-0.2, -0.15) is 0 Å². The van der Waals surface area contributed by atoms with Crippen LogP contribution in [0.25, 0.3) is 0 Å². The molecule has 4 rings (SSSR count). The van der Waals surface area contributed by atoms with Crippen LogP contribution in [0.4, 0.5) is 5.69 Å². The van der Waals surface area contributed by atoms with E-state index in [-0.39, 0.29) is 46.2 Å². The van der Waals surface area contributed by atoms with Gasteiger partial charge in [-0.3, -0.25) is 14.4 Å². The number of ether oxygens (including phenoxy) is 1. The van der Waals surface area contributed by atoms with Crippen molar-refractivity contribution in [3.05, 3.63) is 89.5 Å². The van der Waals surface area contributed by atoms with Crippen molar-refractivity contribution < 1.29 is 33.0 Å². The number of sulfonamides is 1. The van der Waals surface area contributed by atoms with E-state index in [1.807, 2.05) is 14.0 Å². The van der Waals surface area contributed by atoms with Crippen molar-refractivity contribution >= 4 is 27.6 Å². The SMILES string of the molecule is C[C@@H]1CN([C@@H](C)CO)C(=O)c2cc(NS(=O)(=O)c3ccccc3)ccc2O[C@@H]1CN(C)Cc1ccc(C(=O)O)cc1. The highest BCUT2D eigenvalue weighted by molar-refractivity contribution is 7.92. The first kappa shape index (κ1) is 30.0. The van der Waals surface area contributed by atoms with Gasteiger partial charge in [0.15, 0.2) is 0 Å². The first-order valence-corrected chi connectivity index (χ1v) is 14.8. The van der Waals surface area contributed by atoms with Crippen molar-refractivity contribution in [3.8, 4) is 5.75 Å². The van der Waals surface area contributed by atoms with Gasteiger partial charge in [0, 0.05) is 31.2 Å². The van der Waals surface area contributed by atoms with E-state index in [2.05, 4.69) is 9.62 Å². The molecule has 3 atom stereocenters. The van der Waals surface area contributed by atoms with Crippen LogP contribution in [0.1, 0.15) is 40.1 Å². The second kappa shape index (κ2) is 12.7. The number of carbonyl (C=O) groups excluding carboxylic acids is 1. The molecule has 3 aromatic carbocycles. The predicted octanol–water partition coefficient (Wildman–Crippen LogP) is 3.54. The summed E-state index contributed by atoms with van der Waals surface area (Å²) in [5.74, 6) is -1.12. The van der Waals surface area contributed by atoms with Gasteiger partial charge in [0.1, 0.15) is 11.9 Å². The smallest absolute Gasteiger partial charge is 0.335 e. The highest BCUT2D eigenvalue weighted by Gasteiger charge is 2.33. The molecule has 11 heteroatoms. The van der Waals surface area contributed by atoms with Crippen LogP contribution >= 0.6 is 0 Å². The molecule has 0 saturated carbocycles. The van der Waals surface area contributed by atoms with Crippen LogP contribution in [0, 0.1) is 5.92 Å². The molecule has 41 heavy (non-hydrogen) atoms. The summed E-state index contributed by atoms with van der Waals surface area (Å²) in [7, 11) is -1.94. The molecule has 0 saturated heterocycles. The fourth-order valence-corrected chi connectivity index (χ4v) is 5.82. The number of hydrogen-bond donors (Lipinski definition) is 3. The third-order valence-electron chi connectivity index (χ3n) is 7.12. The summed E-state index contributed by atoms with van der Waals surface area (Å²) in [4.78, 5) is 28.6. The maximum Gasteiger partial charge on any atom is 0.335 e. The van der Waals surface area contributed by atoms with Crippen LogP contribution in [-0.2, 0) is 16.6 Å². The van der Waals surface area contributed by atoms with E-state index in [1.165, 1.54) is 18.2 Å². The van der Waals surface area contributed by atoms with E-state index in [1.54, 1.807) is 66.4 Å². The highest BCUT2D eigenvalue weighted by Crippen LogP contribution is 2.31. The number of rotatable bonds is 10. The minimum Gasteiger partial charge on any atom is -0.488 e. The van der Waals surface area contributed by atoms with E-state index in [0.29, 0.717) is 25.4 Å². The topological polar surface area (TPSA) is 136 Å². The summed E-state index contributed by atoms with van der Waals surface area (Å²) < 4.78 is 34.8. The molecular formula is C30H35N3O7S. The van der Waals surface area contributed by atoms with Crippen LogP contribution in [0.3, 0.4) is 0 Å². The fraction of sp³-hybridized carbons (Fsp3) is 0.333. The number of aliphatic hydroxyl groups is 1. The number of carbonyl (C=O) groups is 2. The first-order valence-electron chi connectivity index (χ1n) is 13.3. The molecule has 1 aliphatic heterocycles. The molecule has 0 aliphatic carbocycles. The van der Waals surface area contributed by atoms with Crippen LogP contribution in [0.15, 0.2) is 77.7 Å². The number of aromatic carboxylic acids is 1. The van der Waals surface area contributed by atoms with Gasteiger partial charge in [-0.05, 0) is 62.0 Å². The quantitative estimate of drug-likeness (QED) is 0.331. The van der Waals surface area contributed by atoms with Crippen molar-refractivity contribution in [1.82, 2.24) is 9.80 Å². The third-order valence-corrected chi connectivity index (χ3v) is 8.51. The molecule has 10 nitrogen and oxygen atoms in total. The van der Waals surface area contributed by atoms with E-state index in [4.69, 9.17) is 9.84 Å². The lowest BCUT2D eigenvalue weighted by atomic mass is 9.99. The van der Waals surface area contributed by atoms with E-state index < -0.39 is 22.0 Å². The second-order valence-electron chi connectivity index (χ2n) is 10.5. The van der Waals surface area contributed by atoms with E-state index in [9.17, 15) is 23.1 Å². The molecule has 3 N–H and O–H groups in total. The van der Waals surface area contributed by atoms with Gasteiger partial charge in [-0.1, -0.05) is 37.3 Å². The average molecular weight is 582 g/mol. The van der Waals surface area contributed by atoms with E-state index in [0.717, 1.165) is 5.56 Å². The molecule has 0 unspecified atom stereocenters. The van der Waals surface area contributed by atoms with Gasteiger partial charge in [0.05, 0.1) is 28.7 Å². The minimum atomic E-state index is -3.88. The maximum atomic E-state index is 13.7. The van der Waals surface area contributed by atoms with Crippen LogP contribution in [0.5, 0.6) is 5.75 Å². The summed E-state index contributed by atoms with van der Waals surface area (Å²) in [5.41, 5.74) is 1.58. The Morgan fingerprint density at radius 3 is 2.44 bits per heavy atom. The molecule has 0 fully saturated rings. The molecular weight excluding hydrogens is 546 g/mol. The molecule has 3 aromatic rings. The molecule has 1 heterocycles. The highest BCUT2D eigenvalue weighted by atomic mass is 32.2. The van der Waals surface area contributed by atoms with Gasteiger partial charge in [0.2, 0.25) is 0 Å². The lowest BCUT2D eigenvalue weighted by Gasteiger charge is -2.38. The Labute approximate surface area is 240 Å². The average Bonchev–Trinajstić information content (AvgIpc) is 2.95. The van der Waals surface area contributed by atoms with Gasteiger partial charge in [-0.15, -0.1) is 0 Å². The zero-order chi connectivity index (χ0) is 29.7. The largest absolute Gasteiger partial charge is 0.488 e. The standard InChI is InChI=1S/C30H35N3O7S/c1-20-16-33(21(2)19-34)29(35)26-15-24(31-41(38,39)25-7-5-4-6-8-25)13-14-27(26)40-28(20)18-32(3)17-22-9-11-23(12-10-22)30(36)37/h4-15,20-21,28,31,34H,16-19H2,1-3H3,(H,36,37)/t20-,21+,28-/m1/s1. The first-order chi connectivity index (χ1) is 19.5. The zero-order valence-corrected chi connectivity index (χ0v) is 24.0. The number of likely N-dealkylation sites (N-methyl/N-ethyl adjacent to an activating group) is 1. The minimum absolute atomic E-state index is 0.0966. The molecule has 218 valence electrons. The van der Waals surface area contributed by atoms with Crippen LogP contribution < -0.4 is 9.46 Å². The van der Waals surface area contributed by atoms with Crippen LogP contribution in [-0.4, -0.2) is 79.2 Å². The molecule has 1 aliphatic rings. The Bertz CT molecular complexity index is 1480. The van der Waals surface area contributed by atoms with Gasteiger partial charge in [0.25, 0.3) is 15.9 Å². The number of aliphatic hydroxyl groups excluding tert-OH is 1. The van der Waals surface area contributed by atoms with Crippen molar-refractivity contribution in [2.75, 3.05) is 31.5 Å². The second-order valence-corrected chi connectivity index (χ2v) is 12.1. The number of amides is 1. The Morgan fingerprint density at radius 2 is 1.80 bits per heavy atom. The number of hydrogen-bond acceptors (Lipinski definition) is 7. The summed E-state index contributed by atoms with van der Waals surface area (Å²) in [6, 6.07) is 18.8. The number of anilines is 1. The van der Waals surface area contributed by atoms with Gasteiger partial charge < -0.3 is 19.8 Å². The molecule has 0 aromatic heterocycles. The lowest BCUT2D eigenvalue weighted by Crippen LogP contribution is -2.49. The summed E-state index contributed by atoms with van der Waals surface area (Å²) >= 11 is 0. The Morgan fingerprint density at radius 1 is 1.12 bits per heavy atom. The Balaban J connectivity index is 1.60. The molecule has 0 radical (unpaired) electrons. The number of carboxylic acid groups (broad SMARTS) is 1. The summed E-state index contributed by atoms with van der Waals surface area (Å²) in [5, 5.41) is 19.1. The summed E-state index contributed by atoms with van der Waals surface area (Å²) in [6.07, 6.45) is -0.342. The fourth-order valence-electron chi connectivity index (χ4n) is 4.75. The van der Waals surface area contributed by atoms with Crippen molar-refractivity contribution in [2.45, 2.75) is 37.4 Å². The summed E-state index contributed by atoms with van der Waals surface area (Å²) in [6.45, 7) is 4.89. The lowest BCUT2D eigenvalue weighted by molar-refractivity contribution is 0.0341. The number of fused-ring (bicyclic) bond motifs is 1. The molecule has 1 amide bonds. The maximum absolute atomic E-state index is 13.7. The van der Waals surface area contributed by atoms with Gasteiger partial charge >= 0.3 is 5.97 Å². The normalized spacial score (nSPS) is 18.2. The van der Waals surface area contributed by atoms with Crippen molar-refractivity contribution in [3.63, 3.8) is 0 Å². The monoisotopic (exact) mass is 581 g/mol. The molecule has 0 spiro atoms. The molecule has 0 bridgehead atoms. The van der Waals surface area contributed by atoms with Crippen molar-refractivity contribution in [1.29, 1.82) is 0 Å². The van der Waals surface area contributed by atoms with E-state index >= 15 is 0 Å². The number of nitrogens with zero attached hydrogens (tertiary/aromatic N) is 2. The third kappa shape index (κ3) is 7.24. The van der Waals surface area contributed by atoms with Crippen LogP contribution in [0.2, 0.25) is 0 Å². The zero-order valence-electron chi connectivity index (χ0n) is 23.2.